The molecule has 0 unspecified atom stereocenters. The standard InChI is InChI=1S/C18H15FN2O3/c1-10-14(9-17(20)23)15-8-13(22)5-6-16(15)21(10)18(24)11-3-2-4-12(19)7-11/h2-8,22H,9H2,1H3,(H2,20,23). The molecule has 1 aromatic heterocycles. The Labute approximate surface area is 137 Å². The van der Waals surface area contributed by atoms with Gasteiger partial charge in [0.1, 0.15) is 11.6 Å². The predicted octanol–water partition coefficient (Wildman–Crippen LogP) is 2.51. The van der Waals surface area contributed by atoms with Crippen molar-refractivity contribution in [2.45, 2.75) is 13.3 Å². The number of aromatic nitrogens is 1. The first-order chi connectivity index (χ1) is 11.4. The normalized spacial score (nSPS) is 10.9. The Hall–Kier alpha value is -3.15. The summed E-state index contributed by atoms with van der Waals surface area (Å²) >= 11 is 0. The van der Waals surface area contributed by atoms with Gasteiger partial charge in [-0.2, -0.15) is 0 Å². The molecule has 0 aliphatic rings. The molecule has 0 aliphatic carbocycles. The van der Waals surface area contributed by atoms with Crippen molar-refractivity contribution in [2.24, 2.45) is 5.73 Å². The third kappa shape index (κ3) is 2.62. The van der Waals surface area contributed by atoms with Crippen LogP contribution in [0.1, 0.15) is 21.6 Å². The zero-order valence-electron chi connectivity index (χ0n) is 12.9. The lowest BCUT2D eigenvalue weighted by molar-refractivity contribution is -0.117. The molecule has 0 saturated carbocycles. The summed E-state index contributed by atoms with van der Waals surface area (Å²) in [5, 5.41) is 10.3. The van der Waals surface area contributed by atoms with Gasteiger partial charge in [-0.3, -0.25) is 14.2 Å². The number of fused-ring (bicyclic) bond motifs is 1. The molecule has 1 amide bonds. The highest BCUT2D eigenvalue weighted by atomic mass is 19.1. The summed E-state index contributed by atoms with van der Waals surface area (Å²) in [6.07, 6.45) is -0.0603. The number of rotatable bonds is 3. The van der Waals surface area contributed by atoms with Crippen molar-refractivity contribution in [2.75, 3.05) is 0 Å². The minimum absolute atomic E-state index is 0.0172. The van der Waals surface area contributed by atoms with Gasteiger partial charge in [-0.25, -0.2) is 4.39 Å². The van der Waals surface area contributed by atoms with Gasteiger partial charge in [-0.05, 0) is 48.9 Å². The van der Waals surface area contributed by atoms with Crippen molar-refractivity contribution in [3.8, 4) is 5.75 Å². The second-order valence-electron chi connectivity index (χ2n) is 5.56. The fourth-order valence-corrected chi connectivity index (χ4v) is 2.88. The SMILES string of the molecule is Cc1c(CC(N)=O)c2cc(O)ccc2n1C(=O)c1cccc(F)c1. The van der Waals surface area contributed by atoms with Gasteiger partial charge in [0.15, 0.2) is 0 Å². The highest BCUT2D eigenvalue weighted by Crippen LogP contribution is 2.30. The van der Waals surface area contributed by atoms with Crippen LogP contribution in [-0.4, -0.2) is 21.5 Å². The molecular formula is C18H15FN2O3. The summed E-state index contributed by atoms with van der Waals surface area (Å²) in [5.74, 6) is -1.45. The zero-order valence-corrected chi connectivity index (χ0v) is 12.9. The van der Waals surface area contributed by atoms with E-state index in [9.17, 15) is 19.1 Å². The molecule has 3 rings (SSSR count). The third-order valence-corrected chi connectivity index (χ3v) is 3.94. The molecule has 0 radical (unpaired) electrons. The van der Waals surface area contributed by atoms with Crippen molar-refractivity contribution in [3.05, 3.63) is 65.1 Å². The molecule has 0 saturated heterocycles. The van der Waals surface area contributed by atoms with E-state index in [4.69, 9.17) is 5.73 Å². The zero-order chi connectivity index (χ0) is 17.4. The van der Waals surface area contributed by atoms with Gasteiger partial charge in [0.05, 0.1) is 11.9 Å². The van der Waals surface area contributed by atoms with Crippen LogP contribution in [0.25, 0.3) is 10.9 Å². The molecule has 5 nitrogen and oxygen atoms in total. The molecule has 0 atom stereocenters. The molecule has 2 aromatic carbocycles. The van der Waals surface area contributed by atoms with E-state index in [0.29, 0.717) is 22.2 Å². The number of primary amides is 1. The van der Waals surface area contributed by atoms with Crippen molar-refractivity contribution < 1.29 is 19.1 Å². The Kier molecular flexibility index (Phi) is 3.81. The van der Waals surface area contributed by atoms with Gasteiger partial charge in [0.25, 0.3) is 5.91 Å². The van der Waals surface area contributed by atoms with E-state index in [2.05, 4.69) is 0 Å². The van der Waals surface area contributed by atoms with Crippen molar-refractivity contribution >= 4 is 22.7 Å². The molecule has 3 N–H and O–H groups in total. The second kappa shape index (κ2) is 5.81. The lowest BCUT2D eigenvalue weighted by Gasteiger charge is -2.07. The van der Waals surface area contributed by atoms with Crippen molar-refractivity contribution in [1.29, 1.82) is 0 Å². The smallest absolute Gasteiger partial charge is 0.262 e. The number of carbonyl (C=O) groups excluding carboxylic acids is 2. The molecule has 0 spiro atoms. The predicted molar refractivity (Wildman–Crippen MR) is 87.4 cm³/mol. The number of halogens is 1. The first-order valence-corrected chi connectivity index (χ1v) is 7.30. The van der Waals surface area contributed by atoms with E-state index in [-0.39, 0.29) is 17.7 Å². The van der Waals surface area contributed by atoms with Crippen LogP contribution in [0.15, 0.2) is 42.5 Å². The lowest BCUT2D eigenvalue weighted by Crippen LogP contribution is -2.16. The largest absolute Gasteiger partial charge is 0.508 e. The molecule has 3 aromatic rings. The number of phenolic OH excluding ortho intramolecular Hbond substituents is 1. The van der Waals surface area contributed by atoms with Crippen LogP contribution in [0.4, 0.5) is 4.39 Å². The summed E-state index contributed by atoms with van der Waals surface area (Å²) in [4.78, 5) is 24.2. The first-order valence-electron chi connectivity index (χ1n) is 7.30. The van der Waals surface area contributed by atoms with Gasteiger partial charge in [-0.1, -0.05) is 6.07 Å². The molecule has 1 heterocycles. The van der Waals surface area contributed by atoms with E-state index in [1.165, 1.54) is 34.9 Å². The second-order valence-corrected chi connectivity index (χ2v) is 5.56. The Morgan fingerprint density at radius 3 is 2.62 bits per heavy atom. The van der Waals surface area contributed by atoms with Crippen LogP contribution in [-0.2, 0) is 11.2 Å². The maximum Gasteiger partial charge on any atom is 0.262 e. The maximum absolute atomic E-state index is 13.4. The van der Waals surface area contributed by atoms with Gasteiger partial charge in [0, 0.05) is 16.6 Å². The summed E-state index contributed by atoms with van der Waals surface area (Å²) in [5.41, 5.74) is 7.10. The Morgan fingerprint density at radius 1 is 1.21 bits per heavy atom. The van der Waals surface area contributed by atoms with Crippen molar-refractivity contribution in [3.63, 3.8) is 0 Å². The summed E-state index contributed by atoms with van der Waals surface area (Å²) < 4.78 is 14.8. The number of benzene rings is 2. The molecule has 0 fully saturated rings. The number of carbonyl (C=O) groups is 2. The number of phenols is 1. The van der Waals surface area contributed by atoms with Gasteiger partial charge < -0.3 is 10.8 Å². The minimum atomic E-state index is -0.543. The van der Waals surface area contributed by atoms with Gasteiger partial charge >= 0.3 is 0 Å². The maximum atomic E-state index is 13.4. The van der Waals surface area contributed by atoms with E-state index in [1.807, 2.05) is 0 Å². The topological polar surface area (TPSA) is 85.3 Å². The Bertz CT molecular complexity index is 976. The Morgan fingerprint density at radius 2 is 1.96 bits per heavy atom. The van der Waals surface area contributed by atoms with Crippen LogP contribution in [0.5, 0.6) is 5.75 Å². The minimum Gasteiger partial charge on any atom is -0.508 e. The third-order valence-electron chi connectivity index (χ3n) is 3.94. The quantitative estimate of drug-likeness (QED) is 0.775. The van der Waals surface area contributed by atoms with Crippen LogP contribution in [0, 0.1) is 12.7 Å². The number of aromatic hydroxyl groups is 1. The molecule has 24 heavy (non-hydrogen) atoms. The number of hydrogen-bond donors (Lipinski definition) is 2. The molecule has 6 heteroatoms. The molecule has 0 bridgehead atoms. The fourth-order valence-electron chi connectivity index (χ4n) is 2.88. The number of nitrogens with two attached hydrogens (primary N) is 1. The van der Waals surface area contributed by atoms with Crippen LogP contribution in [0.2, 0.25) is 0 Å². The fraction of sp³-hybridized carbons (Fsp3) is 0.111. The summed E-state index contributed by atoms with van der Waals surface area (Å²) in [7, 11) is 0. The highest BCUT2D eigenvalue weighted by molar-refractivity contribution is 6.05. The average molecular weight is 326 g/mol. The van der Waals surface area contributed by atoms with E-state index < -0.39 is 17.6 Å². The average Bonchev–Trinajstić information content (AvgIpc) is 2.78. The van der Waals surface area contributed by atoms with Crippen LogP contribution >= 0.6 is 0 Å². The highest BCUT2D eigenvalue weighted by Gasteiger charge is 2.21. The van der Waals surface area contributed by atoms with E-state index in [1.54, 1.807) is 13.0 Å². The number of hydrogen-bond acceptors (Lipinski definition) is 3. The molecular weight excluding hydrogens is 311 g/mol. The van der Waals surface area contributed by atoms with Gasteiger partial charge in [-0.15, -0.1) is 0 Å². The molecule has 0 aliphatic heterocycles. The van der Waals surface area contributed by atoms with Crippen LogP contribution < -0.4 is 5.73 Å². The van der Waals surface area contributed by atoms with E-state index in [0.717, 1.165) is 6.07 Å². The van der Waals surface area contributed by atoms with E-state index >= 15 is 0 Å². The monoisotopic (exact) mass is 326 g/mol. The summed E-state index contributed by atoms with van der Waals surface area (Å²) in [6, 6.07) is 9.90. The van der Waals surface area contributed by atoms with Crippen LogP contribution in [0.3, 0.4) is 0 Å². The number of nitrogens with zero attached hydrogens (tertiary/aromatic N) is 1. The van der Waals surface area contributed by atoms with Crippen molar-refractivity contribution in [1.82, 2.24) is 4.57 Å². The number of amides is 1. The first kappa shape index (κ1) is 15.7. The summed E-state index contributed by atoms with van der Waals surface area (Å²) in [6.45, 7) is 1.69. The lowest BCUT2D eigenvalue weighted by atomic mass is 10.1. The van der Waals surface area contributed by atoms with Gasteiger partial charge in [0.2, 0.25) is 5.91 Å². The Balaban J connectivity index is 2.26. The molecule has 122 valence electrons.